The maximum absolute atomic E-state index is 14.4. The molecule has 1 aliphatic carbocycles. The third-order valence-corrected chi connectivity index (χ3v) is 9.54. The first-order valence-corrected chi connectivity index (χ1v) is 15.8. The summed E-state index contributed by atoms with van der Waals surface area (Å²) in [4.78, 5) is 44.9. The average molecular weight is 627 g/mol. The van der Waals surface area contributed by atoms with Gasteiger partial charge in [0.25, 0.3) is 0 Å². The van der Waals surface area contributed by atoms with Crippen LogP contribution < -0.4 is 15.4 Å². The third-order valence-electron chi connectivity index (χ3n) is 9.54. The lowest BCUT2D eigenvalue weighted by atomic mass is 9.81. The summed E-state index contributed by atoms with van der Waals surface area (Å²) in [6.45, 7) is 1.17. The number of para-hydroxylation sites is 1. The van der Waals surface area contributed by atoms with Crippen LogP contribution in [0.4, 0.5) is 13.6 Å². The lowest BCUT2D eigenvalue weighted by Crippen LogP contribution is -2.66. The number of rotatable bonds is 7. The molecule has 242 valence electrons. The normalized spacial score (nSPS) is 27.0. The lowest BCUT2D eigenvalue weighted by Gasteiger charge is -2.45. The van der Waals surface area contributed by atoms with E-state index in [1.807, 2.05) is 47.4 Å². The first-order valence-electron chi connectivity index (χ1n) is 15.8. The maximum atomic E-state index is 14.4. The Morgan fingerprint density at radius 1 is 1.00 bits per heavy atom. The highest BCUT2D eigenvalue weighted by Crippen LogP contribution is 2.39. The van der Waals surface area contributed by atoms with Crippen molar-refractivity contribution in [3.05, 3.63) is 65.7 Å². The number of amides is 3. The number of hydrogen-bond acceptors (Lipinski definition) is 7. The Morgan fingerprint density at radius 2 is 1.73 bits per heavy atom. The molecule has 3 fully saturated rings. The van der Waals surface area contributed by atoms with Crippen molar-refractivity contribution < 1.29 is 37.7 Å². The highest BCUT2D eigenvalue weighted by Gasteiger charge is 2.48. The fourth-order valence-electron chi connectivity index (χ4n) is 7.12. The Kier molecular flexibility index (Phi) is 9.23. The van der Waals surface area contributed by atoms with Gasteiger partial charge < -0.3 is 30.1 Å². The third kappa shape index (κ3) is 7.22. The van der Waals surface area contributed by atoms with Crippen molar-refractivity contribution in [1.29, 1.82) is 0 Å². The fraction of sp³-hybridized carbons (Fsp3) is 0.545. The Hall–Kier alpha value is -3.77. The van der Waals surface area contributed by atoms with E-state index in [1.54, 1.807) is 12.1 Å². The molecule has 3 aliphatic heterocycles. The zero-order chi connectivity index (χ0) is 31.6. The molecule has 10 nitrogen and oxygen atoms in total. The van der Waals surface area contributed by atoms with Crippen molar-refractivity contribution >= 4 is 17.9 Å². The molecule has 0 spiro atoms. The summed E-state index contributed by atoms with van der Waals surface area (Å²) in [5.74, 6) is -3.55. The smallest absolute Gasteiger partial charge is 0.408 e. The average Bonchev–Trinajstić information content (AvgIpc) is 3.41. The van der Waals surface area contributed by atoms with Crippen molar-refractivity contribution in [2.75, 3.05) is 26.2 Å². The number of piperazine rings is 1. The number of ether oxygens (including phenoxy) is 2. The molecular weight excluding hydrogens is 586 g/mol. The summed E-state index contributed by atoms with van der Waals surface area (Å²) in [6, 6.07) is 14.0. The fourth-order valence-corrected chi connectivity index (χ4v) is 7.12. The molecule has 6 rings (SSSR count). The van der Waals surface area contributed by atoms with Gasteiger partial charge in [-0.2, -0.15) is 0 Å². The molecule has 2 saturated heterocycles. The molecule has 3 heterocycles. The minimum absolute atomic E-state index is 0.0213. The molecule has 12 heteroatoms. The SMILES string of the molecule is O=C(N[C@H](C(=O)N1C[C@H]2C[C@@H](O)CN2C[C@H]1C(=O)N[C@@H]1CCOc2ccccc21)C1CCC(F)(F)CC1)OCc1ccccc1. The quantitative estimate of drug-likeness (QED) is 0.431. The molecule has 0 unspecified atom stereocenters. The van der Waals surface area contributed by atoms with Crippen LogP contribution in [0.1, 0.15) is 55.7 Å². The molecule has 2 aromatic rings. The number of hydrogen-bond donors (Lipinski definition) is 3. The minimum atomic E-state index is -2.83. The number of aliphatic hydroxyl groups is 1. The van der Waals surface area contributed by atoms with Gasteiger partial charge in [-0.05, 0) is 36.8 Å². The van der Waals surface area contributed by atoms with E-state index in [2.05, 4.69) is 10.6 Å². The van der Waals surface area contributed by atoms with Crippen molar-refractivity contribution in [1.82, 2.24) is 20.4 Å². The van der Waals surface area contributed by atoms with Gasteiger partial charge in [-0.15, -0.1) is 0 Å². The van der Waals surface area contributed by atoms with E-state index in [1.165, 1.54) is 4.90 Å². The number of alkyl halides is 2. The molecule has 5 atom stereocenters. The molecule has 3 amide bonds. The van der Waals surface area contributed by atoms with Crippen LogP contribution in [0, 0.1) is 5.92 Å². The van der Waals surface area contributed by atoms with Crippen LogP contribution in [0.5, 0.6) is 5.75 Å². The molecule has 0 bridgehead atoms. The van der Waals surface area contributed by atoms with Crippen molar-refractivity contribution in [3.63, 3.8) is 0 Å². The summed E-state index contributed by atoms with van der Waals surface area (Å²) in [6.07, 6.45) is -1.11. The van der Waals surface area contributed by atoms with E-state index in [0.717, 1.165) is 11.1 Å². The van der Waals surface area contributed by atoms with Crippen molar-refractivity contribution in [2.24, 2.45) is 5.92 Å². The zero-order valence-electron chi connectivity index (χ0n) is 25.1. The predicted octanol–water partition coefficient (Wildman–Crippen LogP) is 3.39. The van der Waals surface area contributed by atoms with E-state index < -0.39 is 54.9 Å². The van der Waals surface area contributed by atoms with Crippen LogP contribution in [-0.2, 0) is 20.9 Å². The second-order valence-corrected chi connectivity index (χ2v) is 12.6. The highest BCUT2D eigenvalue weighted by atomic mass is 19.3. The summed E-state index contributed by atoms with van der Waals surface area (Å²) < 4.78 is 39.5. The number of carbonyl (C=O) groups excluding carboxylic acids is 3. The first-order chi connectivity index (χ1) is 21.7. The van der Waals surface area contributed by atoms with E-state index in [0.29, 0.717) is 31.7 Å². The topological polar surface area (TPSA) is 120 Å². The molecule has 0 radical (unpaired) electrons. The lowest BCUT2D eigenvalue weighted by molar-refractivity contribution is -0.149. The second-order valence-electron chi connectivity index (χ2n) is 12.6. The van der Waals surface area contributed by atoms with Crippen LogP contribution in [0.3, 0.4) is 0 Å². The Morgan fingerprint density at radius 3 is 2.51 bits per heavy atom. The van der Waals surface area contributed by atoms with Crippen LogP contribution >= 0.6 is 0 Å². The van der Waals surface area contributed by atoms with E-state index in [-0.39, 0.29) is 50.5 Å². The van der Waals surface area contributed by atoms with Crippen molar-refractivity contribution in [3.8, 4) is 5.75 Å². The number of benzene rings is 2. The Labute approximate surface area is 261 Å². The van der Waals surface area contributed by atoms with Gasteiger partial charge in [0.05, 0.1) is 18.8 Å². The number of alkyl carbamates (subject to hydrolysis) is 1. The molecule has 1 saturated carbocycles. The number of halogens is 2. The number of fused-ring (bicyclic) bond motifs is 2. The first kappa shape index (κ1) is 31.2. The van der Waals surface area contributed by atoms with E-state index in [4.69, 9.17) is 9.47 Å². The zero-order valence-corrected chi connectivity index (χ0v) is 25.1. The molecule has 45 heavy (non-hydrogen) atoms. The van der Waals surface area contributed by atoms with Crippen LogP contribution in [0.15, 0.2) is 54.6 Å². The number of carbonyl (C=O) groups is 3. The van der Waals surface area contributed by atoms with Gasteiger partial charge in [0.2, 0.25) is 17.7 Å². The number of aliphatic hydroxyl groups excluding tert-OH is 1. The summed E-state index contributed by atoms with van der Waals surface area (Å²) in [5.41, 5.74) is 1.61. The number of nitrogens with zero attached hydrogens (tertiary/aromatic N) is 2. The summed E-state index contributed by atoms with van der Waals surface area (Å²) >= 11 is 0. The molecule has 2 aromatic carbocycles. The Balaban J connectivity index is 1.23. The van der Waals surface area contributed by atoms with Crippen LogP contribution in [0.25, 0.3) is 0 Å². The Bertz CT molecular complexity index is 1370. The van der Waals surface area contributed by atoms with Gasteiger partial charge in [0, 0.05) is 50.5 Å². The number of nitrogens with one attached hydrogen (secondary N) is 2. The van der Waals surface area contributed by atoms with Gasteiger partial charge in [0.1, 0.15) is 24.4 Å². The predicted molar refractivity (Wildman–Crippen MR) is 159 cm³/mol. The van der Waals surface area contributed by atoms with Gasteiger partial charge >= 0.3 is 6.09 Å². The molecule has 3 N–H and O–H groups in total. The van der Waals surface area contributed by atoms with Crippen molar-refractivity contribution in [2.45, 2.75) is 81.3 Å². The van der Waals surface area contributed by atoms with Crippen LogP contribution in [0.2, 0.25) is 0 Å². The monoisotopic (exact) mass is 626 g/mol. The highest BCUT2D eigenvalue weighted by molar-refractivity contribution is 5.92. The van der Waals surface area contributed by atoms with Gasteiger partial charge in [-0.3, -0.25) is 14.5 Å². The molecular formula is C33H40F2N4O6. The van der Waals surface area contributed by atoms with E-state index >= 15 is 0 Å². The van der Waals surface area contributed by atoms with Crippen LogP contribution in [-0.4, -0.2) is 89.2 Å². The van der Waals surface area contributed by atoms with Gasteiger partial charge in [-0.1, -0.05) is 48.5 Å². The summed E-state index contributed by atoms with van der Waals surface area (Å²) in [7, 11) is 0. The van der Waals surface area contributed by atoms with Gasteiger partial charge in [-0.25, -0.2) is 13.6 Å². The molecule has 0 aromatic heterocycles. The minimum Gasteiger partial charge on any atom is -0.493 e. The molecule has 4 aliphatic rings. The largest absolute Gasteiger partial charge is 0.493 e. The van der Waals surface area contributed by atoms with Gasteiger partial charge in [0.15, 0.2) is 0 Å². The standard InChI is InChI=1S/C33H40F2N4O6/c34-33(35)13-10-22(11-14-33)29(37-32(43)45-20-21-6-2-1-3-7-21)31(42)39-17-23-16-24(40)18-38(23)19-27(39)30(41)36-26-12-15-44-28-9-5-4-8-25(26)28/h1-9,22-24,26-27,29,40H,10-20H2,(H,36,41)(H,37,43)/t23-,24-,26-,27+,29+/m1/s1. The van der Waals surface area contributed by atoms with E-state index in [9.17, 15) is 28.3 Å². The second kappa shape index (κ2) is 13.3. The maximum Gasteiger partial charge on any atom is 0.408 e. The summed E-state index contributed by atoms with van der Waals surface area (Å²) in [5, 5.41) is 16.2.